The van der Waals surface area contributed by atoms with Crippen LogP contribution in [0.1, 0.15) is 31.3 Å². The van der Waals surface area contributed by atoms with Gasteiger partial charge < -0.3 is 10.3 Å². The Bertz CT molecular complexity index is 551. The van der Waals surface area contributed by atoms with Crippen molar-refractivity contribution >= 4 is 0 Å². The van der Waals surface area contributed by atoms with Crippen LogP contribution in [-0.4, -0.2) is 10.1 Å². The molecule has 18 heavy (non-hydrogen) atoms. The summed E-state index contributed by atoms with van der Waals surface area (Å²) in [4.78, 5) is 4.20. The van der Waals surface area contributed by atoms with Crippen LogP contribution in [0.4, 0.5) is 4.39 Å². The van der Waals surface area contributed by atoms with Gasteiger partial charge in [0, 0.05) is 5.56 Å². The van der Waals surface area contributed by atoms with Crippen molar-refractivity contribution in [3.8, 4) is 11.5 Å². The number of aryl methyl sites for hydroxylation is 1. The summed E-state index contributed by atoms with van der Waals surface area (Å²) in [6.07, 6.45) is 0. The molecule has 2 rings (SSSR count). The van der Waals surface area contributed by atoms with E-state index in [0.717, 1.165) is 0 Å². The number of aromatic nitrogens is 2. The van der Waals surface area contributed by atoms with E-state index >= 15 is 0 Å². The summed E-state index contributed by atoms with van der Waals surface area (Å²) >= 11 is 0. The molecule has 0 radical (unpaired) electrons. The first-order valence-electron chi connectivity index (χ1n) is 5.84. The van der Waals surface area contributed by atoms with Crippen molar-refractivity contribution in [1.29, 1.82) is 0 Å². The second kappa shape index (κ2) is 4.86. The summed E-state index contributed by atoms with van der Waals surface area (Å²) < 4.78 is 18.6. The minimum atomic E-state index is -0.291. The number of hydrogen-bond acceptors (Lipinski definition) is 4. The van der Waals surface area contributed by atoms with Gasteiger partial charge in [0.05, 0.1) is 6.04 Å². The normalized spacial score (nSPS) is 13.0. The number of benzene rings is 1. The van der Waals surface area contributed by atoms with Crippen LogP contribution in [0.3, 0.4) is 0 Å². The summed E-state index contributed by atoms with van der Waals surface area (Å²) in [5, 5.41) is 3.83. The first kappa shape index (κ1) is 12.7. The highest BCUT2D eigenvalue weighted by molar-refractivity contribution is 5.53. The van der Waals surface area contributed by atoms with Crippen LogP contribution in [0.2, 0.25) is 0 Å². The fourth-order valence-electron chi connectivity index (χ4n) is 1.51. The third-order valence-corrected chi connectivity index (χ3v) is 2.88. The monoisotopic (exact) mass is 249 g/mol. The second-order valence-electron chi connectivity index (χ2n) is 4.69. The lowest BCUT2D eigenvalue weighted by Gasteiger charge is -2.09. The lowest BCUT2D eigenvalue weighted by Crippen LogP contribution is -2.18. The van der Waals surface area contributed by atoms with Gasteiger partial charge in [0.15, 0.2) is 5.82 Å². The zero-order valence-electron chi connectivity index (χ0n) is 10.6. The van der Waals surface area contributed by atoms with Crippen LogP contribution < -0.4 is 5.73 Å². The van der Waals surface area contributed by atoms with E-state index in [1.54, 1.807) is 19.1 Å². The quantitative estimate of drug-likeness (QED) is 0.908. The molecule has 2 aromatic rings. The highest BCUT2D eigenvalue weighted by atomic mass is 19.1. The summed E-state index contributed by atoms with van der Waals surface area (Å²) in [6, 6.07) is 4.53. The van der Waals surface area contributed by atoms with Crippen molar-refractivity contribution in [2.75, 3.05) is 0 Å². The smallest absolute Gasteiger partial charge is 0.258 e. The van der Waals surface area contributed by atoms with Crippen LogP contribution in [-0.2, 0) is 0 Å². The SMILES string of the molecule is Cc1ccc(-c2nc(C(N)C(C)C)no2)cc1F. The Kier molecular flexibility index (Phi) is 3.43. The van der Waals surface area contributed by atoms with E-state index in [1.165, 1.54) is 6.07 Å². The molecule has 0 aliphatic heterocycles. The zero-order chi connectivity index (χ0) is 13.3. The third-order valence-electron chi connectivity index (χ3n) is 2.88. The second-order valence-corrected chi connectivity index (χ2v) is 4.69. The van der Waals surface area contributed by atoms with E-state index in [9.17, 15) is 4.39 Å². The van der Waals surface area contributed by atoms with Crippen molar-refractivity contribution in [3.63, 3.8) is 0 Å². The van der Waals surface area contributed by atoms with E-state index in [-0.39, 0.29) is 17.8 Å². The van der Waals surface area contributed by atoms with Crippen LogP contribution in [0.15, 0.2) is 22.7 Å². The van der Waals surface area contributed by atoms with Crippen LogP contribution in [0.25, 0.3) is 11.5 Å². The molecule has 1 atom stereocenters. The molecule has 2 N–H and O–H groups in total. The van der Waals surface area contributed by atoms with Gasteiger partial charge >= 0.3 is 0 Å². The van der Waals surface area contributed by atoms with E-state index in [0.29, 0.717) is 22.8 Å². The van der Waals surface area contributed by atoms with Gasteiger partial charge in [0.1, 0.15) is 5.82 Å². The summed E-state index contributed by atoms with van der Waals surface area (Å²) in [5.41, 5.74) is 7.07. The Morgan fingerprint density at radius 2 is 2.06 bits per heavy atom. The molecule has 1 heterocycles. The number of halogens is 1. The molecule has 1 unspecified atom stereocenters. The van der Waals surface area contributed by atoms with E-state index in [2.05, 4.69) is 10.1 Å². The van der Waals surface area contributed by atoms with Gasteiger partial charge in [-0.2, -0.15) is 4.98 Å². The number of hydrogen-bond donors (Lipinski definition) is 1. The highest BCUT2D eigenvalue weighted by Gasteiger charge is 2.18. The molecule has 0 saturated carbocycles. The van der Waals surface area contributed by atoms with Gasteiger partial charge in [-0.3, -0.25) is 0 Å². The van der Waals surface area contributed by atoms with Crippen molar-refractivity contribution in [3.05, 3.63) is 35.4 Å². The Balaban J connectivity index is 2.32. The number of nitrogens with two attached hydrogens (primary N) is 1. The number of nitrogens with zero attached hydrogens (tertiary/aromatic N) is 2. The first-order valence-corrected chi connectivity index (χ1v) is 5.84. The van der Waals surface area contributed by atoms with E-state index in [1.807, 2.05) is 13.8 Å². The lowest BCUT2D eigenvalue weighted by molar-refractivity contribution is 0.400. The maximum absolute atomic E-state index is 13.4. The van der Waals surface area contributed by atoms with Crippen LogP contribution in [0, 0.1) is 18.7 Å². The fourth-order valence-corrected chi connectivity index (χ4v) is 1.51. The molecule has 4 nitrogen and oxygen atoms in total. The predicted molar refractivity (Wildman–Crippen MR) is 66.2 cm³/mol. The van der Waals surface area contributed by atoms with Crippen molar-refractivity contribution in [1.82, 2.24) is 10.1 Å². The number of rotatable bonds is 3. The Labute approximate surface area is 105 Å². The van der Waals surface area contributed by atoms with Crippen molar-refractivity contribution < 1.29 is 8.91 Å². The Hall–Kier alpha value is -1.75. The molecule has 0 spiro atoms. The fraction of sp³-hybridized carbons (Fsp3) is 0.385. The molecule has 96 valence electrons. The Morgan fingerprint density at radius 3 is 2.67 bits per heavy atom. The van der Waals surface area contributed by atoms with Crippen molar-refractivity contribution in [2.24, 2.45) is 11.7 Å². The van der Waals surface area contributed by atoms with Gasteiger partial charge in [0.2, 0.25) is 0 Å². The lowest BCUT2D eigenvalue weighted by atomic mass is 10.1. The van der Waals surface area contributed by atoms with Crippen molar-refractivity contribution in [2.45, 2.75) is 26.8 Å². The zero-order valence-corrected chi connectivity index (χ0v) is 10.6. The first-order chi connectivity index (χ1) is 8.49. The predicted octanol–water partition coefficient (Wildman–Crippen LogP) is 2.84. The molecule has 0 aliphatic rings. The van der Waals surface area contributed by atoms with Gasteiger partial charge in [0.25, 0.3) is 5.89 Å². The topological polar surface area (TPSA) is 64.9 Å². The maximum Gasteiger partial charge on any atom is 0.258 e. The largest absolute Gasteiger partial charge is 0.334 e. The molecular formula is C13H16FN3O. The third kappa shape index (κ3) is 2.41. The van der Waals surface area contributed by atoms with Gasteiger partial charge in [-0.1, -0.05) is 25.1 Å². The minimum absolute atomic E-state index is 0.213. The molecule has 0 aliphatic carbocycles. The molecule has 0 saturated heterocycles. The van der Waals surface area contributed by atoms with E-state index in [4.69, 9.17) is 10.3 Å². The van der Waals surface area contributed by atoms with Crippen LogP contribution >= 0.6 is 0 Å². The highest BCUT2D eigenvalue weighted by Crippen LogP contribution is 2.23. The molecule has 0 amide bonds. The minimum Gasteiger partial charge on any atom is -0.334 e. The molecule has 1 aromatic carbocycles. The van der Waals surface area contributed by atoms with Gasteiger partial charge in [-0.15, -0.1) is 0 Å². The molecule has 0 fully saturated rings. The van der Waals surface area contributed by atoms with Crippen LogP contribution in [0.5, 0.6) is 0 Å². The van der Waals surface area contributed by atoms with Gasteiger partial charge in [-0.25, -0.2) is 4.39 Å². The summed E-state index contributed by atoms with van der Waals surface area (Å²) in [7, 11) is 0. The van der Waals surface area contributed by atoms with Gasteiger partial charge in [-0.05, 0) is 30.5 Å². The average Bonchev–Trinajstić information content (AvgIpc) is 2.81. The molecule has 5 heteroatoms. The maximum atomic E-state index is 13.4. The summed E-state index contributed by atoms with van der Waals surface area (Å²) in [5.74, 6) is 0.659. The molecular weight excluding hydrogens is 233 g/mol. The molecule has 0 bridgehead atoms. The standard InChI is InChI=1S/C13H16FN3O/c1-7(2)11(15)12-16-13(18-17-12)9-5-4-8(3)10(14)6-9/h4-7,11H,15H2,1-3H3. The molecule has 1 aromatic heterocycles. The average molecular weight is 249 g/mol. The summed E-state index contributed by atoms with van der Waals surface area (Å²) in [6.45, 7) is 5.66. The Morgan fingerprint density at radius 1 is 1.33 bits per heavy atom. The van der Waals surface area contributed by atoms with E-state index < -0.39 is 0 Å².